The zero-order chi connectivity index (χ0) is 22.6. The average Bonchev–Trinajstić information content (AvgIpc) is 3.18. The molecule has 11 heteroatoms. The minimum Gasteiger partial charge on any atom is -0.352 e. The maximum Gasteiger partial charge on any atom is 0.434 e. The van der Waals surface area contributed by atoms with Crippen molar-refractivity contribution in [3.8, 4) is 5.69 Å². The van der Waals surface area contributed by atoms with Gasteiger partial charge in [-0.25, -0.2) is 13.1 Å². The van der Waals surface area contributed by atoms with E-state index in [1.165, 1.54) is 36.4 Å². The Bertz CT molecular complexity index is 1180. The van der Waals surface area contributed by atoms with Crippen molar-refractivity contribution in [2.75, 3.05) is 12.3 Å². The number of rotatable bonds is 7. The molecule has 0 atom stereocenters. The van der Waals surface area contributed by atoms with Crippen molar-refractivity contribution in [2.24, 2.45) is 0 Å². The molecule has 6 nitrogen and oxygen atoms in total. The van der Waals surface area contributed by atoms with E-state index in [9.17, 15) is 26.4 Å². The standard InChI is InChI=1S/C20H17ClF3N3O3S/c21-14-6-4-7-15(12-14)27-18(20(22,23)24)17(13-26-27)19(28)25-10-5-11-31(29,30)16-8-2-1-3-9-16/h1-4,6-9,12-13H,5,10-11H2,(H,25,28). The molecule has 0 bridgehead atoms. The monoisotopic (exact) mass is 471 g/mol. The third-order valence-corrected chi connectivity index (χ3v) is 6.36. The Labute approximate surface area is 181 Å². The van der Waals surface area contributed by atoms with Crippen LogP contribution in [0, 0.1) is 0 Å². The number of amides is 1. The number of alkyl halides is 3. The van der Waals surface area contributed by atoms with Crippen LogP contribution in [-0.4, -0.2) is 36.4 Å². The molecule has 0 aliphatic rings. The van der Waals surface area contributed by atoms with Crippen LogP contribution in [0.4, 0.5) is 13.2 Å². The Hall–Kier alpha value is -2.85. The highest BCUT2D eigenvalue weighted by Gasteiger charge is 2.40. The van der Waals surface area contributed by atoms with E-state index in [1.54, 1.807) is 18.2 Å². The van der Waals surface area contributed by atoms with Crippen LogP contribution < -0.4 is 5.32 Å². The van der Waals surface area contributed by atoms with E-state index < -0.39 is 33.2 Å². The lowest BCUT2D eigenvalue weighted by Crippen LogP contribution is -2.28. The topological polar surface area (TPSA) is 81.1 Å². The van der Waals surface area contributed by atoms with Gasteiger partial charge in [-0.05, 0) is 36.8 Å². The van der Waals surface area contributed by atoms with Gasteiger partial charge in [-0.2, -0.15) is 18.3 Å². The smallest absolute Gasteiger partial charge is 0.352 e. The molecule has 0 spiro atoms. The largest absolute Gasteiger partial charge is 0.434 e. The SMILES string of the molecule is O=C(NCCCS(=O)(=O)c1ccccc1)c1cnn(-c2cccc(Cl)c2)c1C(F)(F)F. The molecular formula is C20H17ClF3N3O3S. The fourth-order valence-corrected chi connectivity index (χ4v) is 4.41. The summed E-state index contributed by atoms with van der Waals surface area (Å²) in [6.45, 7) is -0.120. The van der Waals surface area contributed by atoms with E-state index in [2.05, 4.69) is 10.4 Å². The number of aromatic nitrogens is 2. The van der Waals surface area contributed by atoms with Crippen molar-refractivity contribution in [2.45, 2.75) is 17.5 Å². The Balaban J connectivity index is 1.72. The number of hydrogen-bond donors (Lipinski definition) is 1. The van der Waals surface area contributed by atoms with Crippen molar-refractivity contribution in [1.82, 2.24) is 15.1 Å². The second kappa shape index (κ2) is 9.11. The highest BCUT2D eigenvalue weighted by molar-refractivity contribution is 7.91. The number of benzene rings is 2. The van der Waals surface area contributed by atoms with E-state index >= 15 is 0 Å². The predicted octanol–water partition coefficient (Wildman–Crippen LogP) is 4.14. The minimum atomic E-state index is -4.86. The fourth-order valence-electron chi connectivity index (χ4n) is 2.90. The van der Waals surface area contributed by atoms with Gasteiger partial charge in [0, 0.05) is 11.6 Å². The number of hydrogen-bond acceptors (Lipinski definition) is 4. The van der Waals surface area contributed by atoms with Crippen LogP contribution in [-0.2, 0) is 16.0 Å². The number of carbonyl (C=O) groups is 1. The number of nitrogens with zero attached hydrogens (tertiary/aromatic N) is 2. The van der Waals surface area contributed by atoms with Crippen LogP contribution in [0.2, 0.25) is 5.02 Å². The molecule has 1 N–H and O–H groups in total. The molecule has 31 heavy (non-hydrogen) atoms. The summed E-state index contributed by atoms with van der Waals surface area (Å²) in [6, 6.07) is 13.4. The minimum absolute atomic E-state index is 0.0345. The third-order valence-electron chi connectivity index (χ3n) is 4.31. The van der Waals surface area contributed by atoms with E-state index in [4.69, 9.17) is 11.6 Å². The molecular weight excluding hydrogens is 455 g/mol. The van der Waals surface area contributed by atoms with Crippen LogP contribution in [0.1, 0.15) is 22.5 Å². The Morgan fingerprint density at radius 2 is 1.81 bits per heavy atom. The van der Waals surface area contributed by atoms with Gasteiger partial charge in [0.2, 0.25) is 0 Å². The number of nitrogens with one attached hydrogen (secondary N) is 1. The normalized spacial score (nSPS) is 12.0. The van der Waals surface area contributed by atoms with Crippen molar-refractivity contribution in [3.63, 3.8) is 0 Å². The van der Waals surface area contributed by atoms with Crippen LogP contribution in [0.15, 0.2) is 65.7 Å². The zero-order valence-corrected chi connectivity index (χ0v) is 17.5. The summed E-state index contributed by atoms with van der Waals surface area (Å²) in [4.78, 5) is 12.5. The van der Waals surface area contributed by atoms with Crippen LogP contribution in [0.25, 0.3) is 5.69 Å². The lowest BCUT2D eigenvalue weighted by molar-refractivity contribution is -0.143. The van der Waals surface area contributed by atoms with Gasteiger partial charge in [-0.3, -0.25) is 4.79 Å². The summed E-state index contributed by atoms with van der Waals surface area (Å²) >= 11 is 5.85. The van der Waals surface area contributed by atoms with Crippen molar-refractivity contribution < 1.29 is 26.4 Å². The lowest BCUT2D eigenvalue weighted by Gasteiger charge is -2.13. The van der Waals surface area contributed by atoms with Gasteiger partial charge in [0.1, 0.15) is 0 Å². The number of sulfone groups is 1. The molecule has 0 unspecified atom stereocenters. The lowest BCUT2D eigenvalue weighted by atomic mass is 10.2. The Kier molecular flexibility index (Phi) is 6.71. The second-order valence-electron chi connectivity index (χ2n) is 6.54. The second-order valence-corrected chi connectivity index (χ2v) is 9.08. The molecule has 3 rings (SSSR count). The molecule has 2 aromatic carbocycles. The molecule has 0 fully saturated rings. The van der Waals surface area contributed by atoms with E-state index in [-0.39, 0.29) is 34.3 Å². The number of carbonyl (C=O) groups excluding carboxylic acids is 1. The van der Waals surface area contributed by atoms with E-state index in [0.717, 1.165) is 6.20 Å². The molecule has 0 radical (unpaired) electrons. The van der Waals surface area contributed by atoms with Crippen LogP contribution >= 0.6 is 11.6 Å². The summed E-state index contributed by atoms with van der Waals surface area (Å²) in [5.74, 6) is -1.26. The predicted molar refractivity (Wildman–Crippen MR) is 109 cm³/mol. The molecule has 1 aromatic heterocycles. The Morgan fingerprint density at radius 3 is 2.45 bits per heavy atom. The molecule has 0 aliphatic carbocycles. The first-order valence-electron chi connectivity index (χ1n) is 9.07. The first-order chi connectivity index (χ1) is 14.6. The maximum atomic E-state index is 13.7. The molecule has 1 heterocycles. The first-order valence-corrected chi connectivity index (χ1v) is 11.1. The van der Waals surface area contributed by atoms with Crippen molar-refractivity contribution >= 4 is 27.3 Å². The fraction of sp³-hybridized carbons (Fsp3) is 0.200. The molecule has 164 valence electrons. The van der Waals surface area contributed by atoms with Gasteiger partial charge < -0.3 is 5.32 Å². The van der Waals surface area contributed by atoms with E-state index in [0.29, 0.717) is 4.68 Å². The zero-order valence-electron chi connectivity index (χ0n) is 15.9. The number of halogens is 4. The van der Waals surface area contributed by atoms with Gasteiger partial charge >= 0.3 is 6.18 Å². The first kappa shape index (κ1) is 22.8. The van der Waals surface area contributed by atoms with Gasteiger partial charge in [-0.15, -0.1) is 0 Å². The summed E-state index contributed by atoms with van der Waals surface area (Å²) in [7, 11) is -3.55. The maximum absolute atomic E-state index is 13.7. The molecule has 3 aromatic rings. The summed E-state index contributed by atoms with van der Waals surface area (Å²) in [5, 5.41) is 6.25. The van der Waals surface area contributed by atoms with Gasteiger partial charge in [0.25, 0.3) is 5.91 Å². The third kappa shape index (κ3) is 5.45. The van der Waals surface area contributed by atoms with Crippen molar-refractivity contribution in [1.29, 1.82) is 0 Å². The highest BCUT2D eigenvalue weighted by Crippen LogP contribution is 2.34. The summed E-state index contributed by atoms with van der Waals surface area (Å²) < 4.78 is 66.1. The summed E-state index contributed by atoms with van der Waals surface area (Å²) in [6.07, 6.45) is -4.01. The van der Waals surface area contributed by atoms with Crippen molar-refractivity contribution in [3.05, 3.63) is 77.1 Å². The van der Waals surface area contributed by atoms with Crippen LogP contribution in [0.5, 0.6) is 0 Å². The Morgan fingerprint density at radius 1 is 1.10 bits per heavy atom. The summed E-state index contributed by atoms with van der Waals surface area (Å²) in [5.41, 5.74) is -1.87. The van der Waals surface area contributed by atoms with Gasteiger partial charge in [0.15, 0.2) is 15.5 Å². The molecule has 0 saturated carbocycles. The quantitative estimate of drug-likeness (QED) is 0.525. The molecule has 0 saturated heterocycles. The van der Waals surface area contributed by atoms with E-state index in [1.807, 2.05) is 0 Å². The molecule has 1 amide bonds. The average molecular weight is 472 g/mol. The van der Waals surface area contributed by atoms with Gasteiger partial charge in [-0.1, -0.05) is 35.9 Å². The molecule has 0 aliphatic heterocycles. The van der Waals surface area contributed by atoms with Gasteiger partial charge in [0.05, 0.1) is 28.1 Å². The highest BCUT2D eigenvalue weighted by atomic mass is 35.5. The van der Waals surface area contributed by atoms with Crippen LogP contribution in [0.3, 0.4) is 0 Å².